The van der Waals surface area contributed by atoms with Crippen LogP contribution in [-0.4, -0.2) is 31.1 Å². The monoisotopic (exact) mass is 230 g/mol. The summed E-state index contributed by atoms with van der Waals surface area (Å²) in [4.78, 5) is 2.54. The largest absolute Gasteiger partial charge is 0.312 e. The van der Waals surface area contributed by atoms with Crippen LogP contribution in [0.1, 0.15) is 30.9 Å². The van der Waals surface area contributed by atoms with E-state index in [9.17, 15) is 0 Å². The van der Waals surface area contributed by atoms with Gasteiger partial charge in [-0.2, -0.15) is 0 Å². The van der Waals surface area contributed by atoms with E-state index in [1.165, 1.54) is 24.8 Å². The molecule has 1 aliphatic heterocycles. The topological polar surface area (TPSA) is 15.3 Å². The first-order valence-corrected chi connectivity index (χ1v) is 6.85. The first kappa shape index (κ1) is 11.2. The summed E-state index contributed by atoms with van der Waals surface area (Å²) in [7, 11) is 2.28. The molecule has 2 nitrogen and oxygen atoms in total. The highest BCUT2D eigenvalue weighted by molar-refractivity contribution is 5.21. The van der Waals surface area contributed by atoms with Gasteiger partial charge in [-0.25, -0.2) is 0 Å². The molecular formula is C15H22N2. The van der Waals surface area contributed by atoms with E-state index in [0.717, 1.165) is 25.0 Å². The molecule has 1 unspecified atom stereocenters. The summed E-state index contributed by atoms with van der Waals surface area (Å²) in [5, 5.41) is 3.73. The summed E-state index contributed by atoms with van der Waals surface area (Å²) in [5.74, 6) is 0.796. The van der Waals surface area contributed by atoms with Gasteiger partial charge in [-0.15, -0.1) is 0 Å². The smallest absolute Gasteiger partial charge is 0.0388 e. The molecule has 3 atom stereocenters. The Morgan fingerprint density at radius 1 is 1.18 bits per heavy atom. The van der Waals surface area contributed by atoms with Gasteiger partial charge in [0.15, 0.2) is 0 Å². The van der Waals surface area contributed by atoms with E-state index in [4.69, 9.17) is 0 Å². The van der Waals surface area contributed by atoms with Crippen molar-refractivity contribution in [1.82, 2.24) is 10.2 Å². The number of hydrogen-bond acceptors (Lipinski definition) is 2. The molecule has 0 amide bonds. The minimum Gasteiger partial charge on any atom is -0.312 e. The molecule has 1 aromatic carbocycles. The predicted molar refractivity (Wildman–Crippen MR) is 70.9 cm³/mol. The summed E-state index contributed by atoms with van der Waals surface area (Å²) in [5.41, 5.74) is 1.50. The van der Waals surface area contributed by atoms with Crippen molar-refractivity contribution in [2.75, 3.05) is 20.1 Å². The van der Waals surface area contributed by atoms with Crippen molar-refractivity contribution in [1.29, 1.82) is 0 Å². The van der Waals surface area contributed by atoms with Crippen molar-refractivity contribution in [3.05, 3.63) is 35.9 Å². The lowest BCUT2D eigenvalue weighted by Gasteiger charge is -2.32. The van der Waals surface area contributed by atoms with E-state index in [-0.39, 0.29) is 0 Å². The van der Waals surface area contributed by atoms with E-state index >= 15 is 0 Å². The molecular weight excluding hydrogens is 208 g/mol. The zero-order chi connectivity index (χ0) is 11.7. The van der Waals surface area contributed by atoms with Crippen LogP contribution < -0.4 is 5.32 Å². The third-order valence-electron chi connectivity index (χ3n) is 4.46. The van der Waals surface area contributed by atoms with Gasteiger partial charge < -0.3 is 5.32 Å². The molecule has 2 fully saturated rings. The van der Waals surface area contributed by atoms with Gasteiger partial charge in [0, 0.05) is 25.2 Å². The third kappa shape index (κ3) is 2.12. The van der Waals surface area contributed by atoms with Gasteiger partial charge in [0.05, 0.1) is 0 Å². The van der Waals surface area contributed by atoms with Gasteiger partial charge in [0.2, 0.25) is 0 Å². The van der Waals surface area contributed by atoms with Gasteiger partial charge in [-0.05, 0) is 31.4 Å². The second-order valence-corrected chi connectivity index (χ2v) is 5.49. The van der Waals surface area contributed by atoms with Crippen molar-refractivity contribution < 1.29 is 0 Å². The van der Waals surface area contributed by atoms with E-state index in [0.29, 0.717) is 6.04 Å². The highest BCUT2D eigenvalue weighted by atomic mass is 15.2. The van der Waals surface area contributed by atoms with Crippen molar-refractivity contribution >= 4 is 0 Å². The average molecular weight is 230 g/mol. The van der Waals surface area contributed by atoms with Crippen LogP contribution in [0.25, 0.3) is 0 Å². The van der Waals surface area contributed by atoms with Gasteiger partial charge in [0.25, 0.3) is 0 Å². The maximum Gasteiger partial charge on any atom is 0.0388 e. The van der Waals surface area contributed by atoms with Crippen molar-refractivity contribution in [3.63, 3.8) is 0 Å². The Hall–Kier alpha value is -0.860. The second kappa shape index (κ2) is 4.79. The van der Waals surface area contributed by atoms with Crippen LogP contribution in [0.4, 0.5) is 0 Å². The minimum absolute atomic E-state index is 0.610. The van der Waals surface area contributed by atoms with Crippen LogP contribution in [0.3, 0.4) is 0 Å². The summed E-state index contributed by atoms with van der Waals surface area (Å²) in [6.07, 6.45) is 4.13. The summed E-state index contributed by atoms with van der Waals surface area (Å²) in [6.45, 7) is 2.30. The number of nitrogens with one attached hydrogen (secondary N) is 1. The molecule has 17 heavy (non-hydrogen) atoms. The number of nitrogens with zero attached hydrogens (tertiary/aromatic N) is 1. The Morgan fingerprint density at radius 3 is 2.82 bits per heavy atom. The highest BCUT2D eigenvalue weighted by Gasteiger charge is 2.37. The first-order chi connectivity index (χ1) is 8.36. The molecule has 0 bridgehead atoms. The van der Waals surface area contributed by atoms with E-state index in [1.54, 1.807) is 0 Å². The molecule has 1 aromatic rings. The minimum atomic E-state index is 0.610. The predicted octanol–water partition coefficient (Wildman–Crippen LogP) is 2.43. The van der Waals surface area contributed by atoms with Crippen molar-refractivity contribution in [2.24, 2.45) is 5.92 Å². The lowest BCUT2D eigenvalue weighted by molar-refractivity contribution is 0.192. The fourth-order valence-corrected chi connectivity index (χ4v) is 3.66. The number of fused-ring (bicyclic) bond motifs is 1. The lowest BCUT2D eigenvalue weighted by atomic mass is 9.88. The molecule has 1 N–H and O–H groups in total. The third-order valence-corrected chi connectivity index (χ3v) is 4.46. The number of likely N-dealkylation sites (N-methyl/N-ethyl adjacent to an activating group) is 1. The van der Waals surface area contributed by atoms with E-state index in [1.807, 2.05) is 0 Å². The fourth-order valence-electron chi connectivity index (χ4n) is 3.66. The Morgan fingerprint density at radius 2 is 2.00 bits per heavy atom. The Kier molecular flexibility index (Phi) is 3.17. The molecule has 3 rings (SSSR count). The zero-order valence-electron chi connectivity index (χ0n) is 10.6. The normalized spacial score (nSPS) is 34.3. The number of rotatable bonds is 1. The van der Waals surface area contributed by atoms with Crippen LogP contribution in [0.2, 0.25) is 0 Å². The maximum absolute atomic E-state index is 3.73. The lowest BCUT2D eigenvalue weighted by Crippen LogP contribution is -2.34. The van der Waals surface area contributed by atoms with E-state index < -0.39 is 0 Å². The van der Waals surface area contributed by atoms with Gasteiger partial charge in [-0.1, -0.05) is 36.8 Å². The highest BCUT2D eigenvalue weighted by Crippen LogP contribution is 2.40. The van der Waals surface area contributed by atoms with Crippen LogP contribution in [0.5, 0.6) is 0 Å². The maximum atomic E-state index is 3.73. The van der Waals surface area contributed by atoms with Gasteiger partial charge in [-0.3, -0.25) is 4.90 Å². The molecule has 0 aromatic heterocycles. The summed E-state index contributed by atoms with van der Waals surface area (Å²) < 4.78 is 0. The quantitative estimate of drug-likeness (QED) is 0.797. The zero-order valence-corrected chi connectivity index (χ0v) is 10.6. The molecule has 2 aliphatic rings. The van der Waals surface area contributed by atoms with Crippen LogP contribution in [0.15, 0.2) is 30.3 Å². The molecule has 92 valence electrons. The summed E-state index contributed by atoms with van der Waals surface area (Å²) >= 11 is 0. The SMILES string of the molecule is CN1CCNC2CCC[C@H]2[C@@H]1c1ccccc1. The second-order valence-electron chi connectivity index (χ2n) is 5.49. The molecule has 0 spiro atoms. The van der Waals surface area contributed by atoms with Crippen molar-refractivity contribution in [3.8, 4) is 0 Å². The molecule has 0 radical (unpaired) electrons. The van der Waals surface area contributed by atoms with Gasteiger partial charge >= 0.3 is 0 Å². The molecule has 1 saturated heterocycles. The van der Waals surface area contributed by atoms with Crippen LogP contribution in [0, 0.1) is 5.92 Å². The van der Waals surface area contributed by atoms with Crippen molar-refractivity contribution in [2.45, 2.75) is 31.3 Å². The number of hydrogen-bond donors (Lipinski definition) is 1. The fraction of sp³-hybridized carbons (Fsp3) is 0.600. The molecule has 1 heterocycles. The standard InChI is InChI=1S/C15H22N2/c1-17-11-10-16-14-9-5-8-13(14)15(17)12-6-3-2-4-7-12/h2-4,6-7,13-16H,5,8-11H2,1H3/t13-,14?,15+/m1/s1. The first-order valence-electron chi connectivity index (χ1n) is 6.85. The Balaban J connectivity index is 1.93. The molecule has 2 heteroatoms. The van der Waals surface area contributed by atoms with Crippen LogP contribution in [-0.2, 0) is 0 Å². The Labute approximate surface area is 104 Å². The van der Waals surface area contributed by atoms with Gasteiger partial charge in [0.1, 0.15) is 0 Å². The Bertz CT molecular complexity index is 362. The van der Waals surface area contributed by atoms with Crippen LogP contribution >= 0.6 is 0 Å². The van der Waals surface area contributed by atoms with E-state index in [2.05, 4.69) is 47.6 Å². The number of benzene rings is 1. The molecule has 1 saturated carbocycles. The summed E-state index contributed by atoms with van der Waals surface area (Å²) in [6, 6.07) is 12.4. The molecule has 1 aliphatic carbocycles. The average Bonchev–Trinajstić information content (AvgIpc) is 2.74.